The van der Waals surface area contributed by atoms with Crippen LogP contribution in [0.1, 0.15) is 0 Å². The Morgan fingerprint density at radius 1 is 0.885 bits per heavy atom. The van der Waals surface area contributed by atoms with E-state index >= 15 is 0 Å². The topological polar surface area (TPSA) is 56.7 Å². The van der Waals surface area contributed by atoms with Crippen LogP contribution in [0.15, 0.2) is 78.1 Å². The summed E-state index contributed by atoms with van der Waals surface area (Å²) in [6, 6.07) is 14.1. The van der Waals surface area contributed by atoms with Crippen molar-refractivity contribution in [1.29, 1.82) is 0 Å². The van der Waals surface area contributed by atoms with Gasteiger partial charge < -0.3 is 4.42 Å². The fourth-order valence-electron chi connectivity index (χ4n) is 2.95. The van der Waals surface area contributed by atoms with Gasteiger partial charge in [-0.05, 0) is 42.5 Å². The molecule has 0 amide bonds. The molecule has 130 valence electrons. The third-order valence-corrected chi connectivity index (χ3v) is 4.12. The first-order chi connectivity index (χ1) is 11.9. The average molecular weight is 385 g/mol. The molecule has 3 heterocycles. The summed E-state index contributed by atoms with van der Waals surface area (Å²) < 4.78 is 7.48. The Labute approximate surface area is 161 Å². The van der Waals surface area contributed by atoms with Gasteiger partial charge in [-0.15, -0.1) is 24.8 Å². The molecule has 5 nitrogen and oxygen atoms in total. The lowest BCUT2D eigenvalue weighted by atomic mass is 10.1. The third-order valence-electron chi connectivity index (χ3n) is 4.12. The second kappa shape index (κ2) is 7.15. The molecule has 0 saturated carbocycles. The smallest absolute Gasteiger partial charge is 0.144 e. The van der Waals surface area contributed by atoms with Gasteiger partial charge in [0.2, 0.25) is 0 Å². The number of hydrogen-bond donors (Lipinski definition) is 0. The molecule has 2 aromatic carbocycles. The molecule has 0 spiro atoms. The number of imidazole rings is 1. The van der Waals surface area contributed by atoms with Crippen molar-refractivity contribution in [2.75, 3.05) is 0 Å². The van der Waals surface area contributed by atoms with Crippen LogP contribution in [-0.2, 0) is 0 Å². The Hall–Kier alpha value is -2.89. The molecule has 0 saturated heterocycles. The highest BCUT2D eigenvalue weighted by molar-refractivity contribution is 5.86. The zero-order chi connectivity index (χ0) is 15.9. The molecule has 0 atom stereocenters. The number of benzene rings is 2. The van der Waals surface area contributed by atoms with Gasteiger partial charge in [0, 0.05) is 40.6 Å². The maximum Gasteiger partial charge on any atom is 0.144 e. The molecule has 0 radical (unpaired) electrons. The summed E-state index contributed by atoms with van der Waals surface area (Å²) in [5.41, 5.74) is 3.87. The van der Waals surface area contributed by atoms with Crippen molar-refractivity contribution >= 4 is 46.7 Å². The molecule has 0 aliphatic carbocycles. The van der Waals surface area contributed by atoms with Crippen LogP contribution in [0.4, 0.5) is 0 Å². The molecule has 0 aliphatic rings. The third kappa shape index (κ3) is 2.92. The van der Waals surface area contributed by atoms with Gasteiger partial charge in [-0.25, -0.2) is 15.0 Å². The highest BCUT2D eigenvalue weighted by atomic mass is 35.5. The summed E-state index contributed by atoms with van der Waals surface area (Å²) in [4.78, 5) is 12.9. The number of nitrogens with zero attached hydrogens (tertiary/aromatic N) is 4. The van der Waals surface area contributed by atoms with Crippen molar-refractivity contribution in [1.82, 2.24) is 19.5 Å². The molecule has 0 bridgehead atoms. The van der Waals surface area contributed by atoms with Gasteiger partial charge in [0.1, 0.15) is 17.7 Å². The highest BCUT2D eigenvalue weighted by Crippen LogP contribution is 2.27. The summed E-state index contributed by atoms with van der Waals surface area (Å²) >= 11 is 0. The molecule has 5 aromatic rings. The first-order valence-electron chi connectivity index (χ1n) is 7.60. The lowest BCUT2D eigenvalue weighted by Gasteiger charge is -2.09. The van der Waals surface area contributed by atoms with Gasteiger partial charge >= 0.3 is 0 Å². The predicted molar refractivity (Wildman–Crippen MR) is 106 cm³/mol. The molecule has 0 aliphatic heterocycles. The van der Waals surface area contributed by atoms with E-state index in [2.05, 4.69) is 31.7 Å². The van der Waals surface area contributed by atoms with E-state index in [0.717, 1.165) is 38.9 Å². The Morgan fingerprint density at radius 2 is 1.81 bits per heavy atom. The van der Waals surface area contributed by atoms with E-state index in [-0.39, 0.29) is 24.8 Å². The number of furan rings is 1. The highest BCUT2D eigenvalue weighted by Gasteiger charge is 2.10. The summed E-state index contributed by atoms with van der Waals surface area (Å²) in [6.07, 6.45) is 8.84. The van der Waals surface area contributed by atoms with Crippen LogP contribution in [-0.4, -0.2) is 19.5 Å². The lowest BCUT2D eigenvalue weighted by molar-refractivity contribution is 0.616. The first kappa shape index (κ1) is 17.9. The van der Waals surface area contributed by atoms with Gasteiger partial charge in [-0.1, -0.05) is 0 Å². The van der Waals surface area contributed by atoms with Gasteiger partial charge in [0.05, 0.1) is 11.8 Å². The lowest BCUT2D eigenvalue weighted by Crippen LogP contribution is -1.96. The zero-order valence-electron chi connectivity index (χ0n) is 13.4. The van der Waals surface area contributed by atoms with Gasteiger partial charge in [-0.3, -0.25) is 4.57 Å². The summed E-state index contributed by atoms with van der Waals surface area (Å²) in [7, 11) is 0. The minimum absolute atomic E-state index is 0. The van der Waals surface area contributed by atoms with Crippen LogP contribution in [0, 0.1) is 0 Å². The number of hydrogen-bond acceptors (Lipinski definition) is 4. The average Bonchev–Trinajstić information content (AvgIpc) is 3.29. The van der Waals surface area contributed by atoms with Crippen LogP contribution in [0.5, 0.6) is 0 Å². The van der Waals surface area contributed by atoms with Crippen LogP contribution in [0.2, 0.25) is 0 Å². The number of halogens is 2. The molecule has 0 fully saturated rings. The van der Waals surface area contributed by atoms with Gasteiger partial charge in [0.25, 0.3) is 0 Å². The molecule has 3 aromatic heterocycles. The van der Waals surface area contributed by atoms with Crippen molar-refractivity contribution in [3.8, 4) is 17.1 Å². The number of fused-ring (bicyclic) bond motifs is 2. The fraction of sp³-hybridized carbons (Fsp3) is 0. The quantitative estimate of drug-likeness (QED) is 0.426. The normalized spacial score (nSPS) is 10.5. The van der Waals surface area contributed by atoms with E-state index in [1.54, 1.807) is 18.8 Å². The van der Waals surface area contributed by atoms with Crippen molar-refractivity contribution < 1.29 is 4.42 Å². The van der Waals surface area contributed by atoms with Crippen molar-refractivity contribution in [2.45, 2.75) is 0 Å². The monoisotopic (exact) mass is 384 g/mol. The van der Waals surface area contributed by atoms with Crippen molar-refractivity contribution in [2.24, 2.45) is 0 Å². The largest absolute Gasteiger partial charge is 0.464 e. The molecule has 0 unspecified atom stereocenters. The molecule has 5 rings (SSSR count). The summed E-state index contributed by atoms with van der Waals surface area (Å²) in [6.45, 7) is 0. The number of aromatic nitrogens is 4. The Bertz CT molecular complexity index is 1180. The summed E-state index contributed by atoms with van der Waals surface area (Å²) in [5, 5.41) is 2.06. The number of rotatable bonds is 2. The van der Waals surface area contributed by atoms with E-state index in [1.165, 1.54) is 0 Å². The van der Waals surface area contributed by atoms with Crippen LogP contribution in [0.25, 0.3) is 38.9 Å². The summed E-state index contributed by atoms with van der Waals surface area (Å²) in [5.74, 6) is 0.884. The maximum absolute atomic E-state index is 5.41. The van der Waals surface area contributed by atoms with Crippen molar-refractivity contribution in [3.05, 3.63) is 73.6 Å². The van der Waals surface area contributed by atoms with E-state index < -0.39 is 0 Å². The van der Waals surface area contributed by atoms with Crippen LogP contribution >= 0.6 is 24.8 Å². The maximum atomic E-state index is 5.41. The minimum Gasteiger partial charge on any atom is -0.464 e. The molecule has 26 heavy (non-hydrogen) atoms. The van der Waals surface area contributed by atoms with Gasteiger partial charge in [0.15, 0.2) is 0 Å². The van der Waals surface area contributed by atoms with E-state index in [0.29, 0.717) is 0 Å². The molecular weight excluding hydrogens is 371 g/mol. The van der Waals surface area contributed by atoms with Crippen LogP contribution in [0.3, 0.4) is 0 Å². The second-order valence-electron chi connectivity index (χ2n) is 5.56. The van der Waals surface area contributed by atoms with E-state index in [1.807, 2.05) is 42.7 Å². The van der Waals surface area contributed by atoms with E-state index in [4.69, 9.17) is 4.42 Å². The van der Waals surface area contributed by atoms with Crippen LogP contribution < -0.4 is 0 Å². The second-order valence-corrected chi connectivity index (χ2v) is 5.56. The predicted octanol–water partition coefficient (Wildman–Crippen LogP) is 5.07. The Kier molecular flexibility index (Phi) is 4.93. The Balaban J connectivity index is 0.000000980. The standard InChI is InChI=1S/C19H12N4O.2ClH/c1-4-18-13(5-8-24-18)9-14(1)19-21-6-7-23(19)16-2-3-17-15(10-16)11-20-12-22-17;;/h1-12H;2*1H. The SMILES string of the molecule is Cl.Cl.c1cn(-c2ccc3ncncc3c2)c(-c2ccc3occc3c2)n1. The Morgan fingerprint density at radius 3 is 2.73 bits per heavy atom. The minimum atomic E-state index is 0. The molecule has 7 heteroatoms. The van der Waals surface area contributed by atoms with E-state index in [9.17, 15) is 0 Å². The molecular formula is C19H14Cl2N4O. The van der Waals surface area contributed by atoms with Gasteiger partial charge in [-0.2, -0.15) is 0 Å². The zero-order valence-corrected chi connectivity index (χ0v) is 15.1. The molecule has 0 N–H and O–H groups in total. The fourth-order valence-corrected chi connectivity index (χ4v) is 2.95. The first-order valence-corrected chi connectivity index (χ1v) is 7.60. The van der Waals surface area contributed by atoms with Crippen molar-refractivity contribution in [3.63, 3.8) is 0 Å².